The van der Waals surface area contributed by atoms with Crippen LogP contribution in [0.4, 0.5) is 11.4 Å². The zero-order valence-corrected chi connectivity index (χ0v) is 18.4. The Hall–Kier alpha value is -3.37. The van der Waals surface area contributed by atoms with Crippen LogP contribution in [0, 0.1) is 0 Å². The summed E-state index contributed by atoms with van der Waals surface area (Å²) in [5.74, 6) is 0.0130. The molecule has 0 saturated carbocycles. The maximum Gasteiger partial charge on any atom is 0.262 e. The van der Waals surface area contributed by atoms with E-state index in [9.17, 15) is 4.79 Å². The summed E-state index contributed by atoms with van der Waals surface area (Å²) in [6.45, 7) is 0.690. The molecular weight excluding hydrogens is 448 g/mol. The van der Waals surface area contributed by atoms with Crippen LogP contribution in [-0.4, -0.2) is 5.91 Å². The number of carbonyl (C=O) groups is 1. The van der Waals surface area contributed by atoms with Gasteiger partial charge in [-0.2, -0.15) is 0 Å². The fourth-order valence-corrected chi connectivity index (χ4v) is 4.44. The molecule has 0 bridgehead atoms. The van der Waals surface area contributed by atoms with Crippen molar-refractivity contribution >= 4 is 33.2 Å². The largest absolute Gasteiger partial charge is 0.342 e. The molecule has 4 aromatic carbocycles. The van der Waals surface area contributed by atoms with Crippen LogP contribution in [0.5, 0.6) is 0 Å². The van der Waals surface area contributed by atoms with Crippen molar-refractivity contribution in [3.63, 3.8) is 0 Å². The minimum absolute atomic E-state index is 0.0130. The van der Waals surface area contributed by atoms with Crippen LogP contribution in [0.2, 0.25) is 0 Å². The lowest BCUT2D eigenvalue weighted by Crippen LogP contribution is -2.49. The average Bonchev–Trinajstić information content (AvgIpc) is 2.82. The molecule has 4 heteroatoms. The highest BCUT2D eigenvalue weighted by Gasteiger charge is 2.39. The Balaban J connectivity index is 1.72. The summed E-state index contributed by atoms with van der Waals surface area (Å²) >= 11 is 3.54. The van der Waals surface area contributed by atoms with Crippen LogP contribution in [0.25, 0.3) is 0 Å². The fraction of sp³-hybridized carbons (Fsp3) is 0.0741. The monoisotopic (exact) mass is 468 g/mol. The minimum atomic E-state index is -0.266. The van der Waals surface area contributed by atoms with Gasteiger partial charge in [0.05, 0.1) is 11.3 Å². The van der Waals surface area contributed by atoms with Gasteiger partial charge in [0, 0.05) is 16.7 Å². The molecule has 1 heterocycles. The number of hydrogen-bond acceptors (Lipinski definition) is 2. The van der Waals surface area contributed by atoms with Crippen molar-refractivity contribution < 1.29 is 4.79 Å². The molecular formula is C27H21BrN2O. The maximum atomic E-state index is 13.8. The van der Waals surface area contributed by atoms with Gasteiger partial charge in [-0.3, -0.25) is 9.69 Å². The van der Waals surface area contributed by atoms with E-state index in [1.54, 1.807) is 0 Å². The highest BCUT2D eigenvalue weighted by atomic mass is 79.9. The zero-order chi connectivity index (χ0) is 21.2. The average molecular weight is 469 g/mol. The first-order valence-corrected chi connectivity index (χ1v) is 11.1. The summed E-state index contributed by atoms with van der Waals surface area (Å²) in [6, 6.07) is 36.5. The molecule has 0 aromatic heterocycles. The fourth-order valence-electron chi connectivity index (χ4n) is 4.18. The van der Waals surface area contributed by atoms with Crippen LogP contribution in [-0.2, 0) is 6.54 Å². The lowest BCUT2D eigenvalue weighted by molar-refractivity contribution is 0.0968. The summed E-state index contributed by atoms with van der Waals surface area (Å²) in [6.07, 6.45) is -0.266. The molecule has 0 radical (unpaired) electrons. The van der Waals surface area contributed by atoms with Crippen molar-refractivity contribution in [1.29, 1.82) is 0 Å². The second-order valence-corrected chi connectivity index (χ2v) is 8.48. The molecule has 0 aliphatic carbocycles. The molecule has 1 aliphatic rings. The summed E-state index contributed by atoms with van der Waals surface area (Å²) in [5, 5.41) is 0. The van der Waals surface area contributed by atoms with Gasteiger partial charge < -0.3 is 4.90 Å². The zero-order valence-electron chi connectivity index (χ0n) is 16.9. The van der Waals surface area contributed by atoms with Gasteiger partial charge in [-0.1, -0.05) is 88.7 Å². The van der Waals surface area contributed by atoms with E-state index in [4.69, 9.17) is 0 Å². The van der Waals surface area contributed by atoms with Gasteiger partial charge in [0.15, 0.2) is 0 Å². The predicted octanol–water partition coefficient (Wildman–Crippen LogP) is 6.81. The molecule has 152 valence electrons. The summed E-state index contributed by atoms with van der Waals surface area (Å²) in [5.41, 5.74) is 4.81. The van der Waals surface area contributed by atoms with Gasteiger partial charge in [-0.15, -0.1) is 0 Å². The molecule has 31 heavy (non-hydrogen) atoms. The van der Waals surface area contributed by atoms with Crippen LogP contribution in [0.3, 0.4) is 0 Å². The number of rotatable bonds is 4. The second kappa shape index (κ2) is 8.40. The van der Waals surface area contributed by atoms with Gasteiger partial charge in [0.2, 0.25) is 0 Å². The minimum Gasteiger partial charge on any atom is -0.342 e. The smallest absolute Gasteiger partial charge is 0.262 e. The molecule has 3 nitrogen and oxygen atoms in total. The van der Waals surface area contributed by atoms with Crippen molar-refractivity contribution in [2.24, 2.45) is 0 Å². The standard InChI is InChI=1S/C27H21BrN2O/c28-22-17-15-21(16-18-22)26-29(19-20-9-3-1-4-10-20)25-14-8-7-13-24(25)27(31)30(26)23-11-5-2-6-12-23/h1-18,26H,19H2/t26-/m1/s1. The first-order valence-electron chi connectivity index (χ1n) is 10.3. The Morgan fingerprint density at radius 3 is 2.03 bits per heavy atom. The molecule has 4 aromatic rings. The number of amides is 1. The molecule has 0 N–H and O–H groups in total. The first-order chi connectivity index (χ1) is 15.2. The summed E-state index contributed by atoms with van der Waals surface area (Å²) in [4.78, 5) is 18.0. The van der Waals surface area contributed by atoms with Gasteiger partial charge in [0.25, 0.3) is 5.91 Å². The van der Waals surface area contributed by atoms with Crippen LogP contribution in [0.15, 0.2) is 114 Å². The number of anilines is 2. The lowest BCUT2D eigenvalue weighted by atomic mass is 9.99. The van der Waals surface area contributed by atoms with Crippen molar-refractivity contribution in [3.8, 4) is 0 Å². The number of halogens is 1. The summed E-state index contributed by atoms with van der Waals surface area (Å²) in [7, 11) is 0. The van der Waals surface area contributed by atoms with Crippen molar-refractivity contribution in [3.05, 3.63) is 130 Å². The Labute approximate surface area is 190 Å². The second-order valence-electron chi connectivity index (χ2n) is 7.57. The van der Waals surface area contributed by atoms with Crippen molar-refractivity contribution in [1.82, 2.24) is 0 Å². The van der Waals surface area contributed by atoms with Gasteiger partial charge in [-0.05, 0) is 47.5 Å². The Morgan fingerprint density at radius 2 is 1.32 bits per heavy atom. The molecule has 0 unspecified atom stereocenters. The van der Waals surface area contributed by atoms with Crippen LogP contribution >= 0.6 is 15.9 Å². The maximum absolute atomic E-state index is 13.8. The highest BCUT2D eigenvalue weighted by Crippen LogP contribution is 2.42. The number of carbonyl (C=O) groups excluding carboxylic acids is 1. The molecule has 0 saturated heterocycles. The predicted molar refractivity (Wildman–Crippen MR) is 129 cm³/mol. The molecule has 5 rings (SSSR count). The SMILES string of the molecule is O=C1c2ccccc2N(Cc2ccccc2)[C@@H](c2ccc(Br)cc2)N1c1ccccc1. The van der Waals surface area contributed by atoms with Crippen molar-refractivity contribution in [2.45, 2.75) is 12.7 Å². The summed E-state index contributed by atoms with van der Waals surface area (Å²) < 4.78 is 1.01. The Morgan fingerprint density at radius 1 is 0.710 bits per heavy atom. The third-order valence-electron chi connectivity index (χ3n) is 5.60. The lowest BCUT2D eigenvalue weighted by Gasteiger charge is -2.46. The van der Waals surface area contributed by atoms with Gasteiger partial charge >= 0.3 is 0 Å². The quantitative estimate of drug-likeness (QED) is 0.328. The van der Waals surface area contributed by atoms with Gasteiger partial charge in [-0.25, -0.2) is 0 Å². The van der Waals surface area contributed by atoms with E-state index in [1.165, 1.54) is 5.56 Å². The van der Waals surface area contributed by atoms with E-state index in [0.717, 1.165) is 27.0 Å². The Bertz CT molecular complexity index is 1190. The number of fused-ring (bicyclic) bond motifs is 1. The molecule has 1 atom stereocenters. The molecule has 1 aliphatic heterocycles. The Kier molecular flexibility index (Phi) is 5.31. The van der Waals surface area contributed by atoms with Crippen LogP contribution < -0.4 is 9.80 Å². The normalized spacial score (nSPS) is 15.6. The topological polar surface area (TPSA) is 23.6 Å². The molecule has 0 spiro atoms. The molecule has 1 amide bonds. The van der Waals surface area contributed by atoms with E-state index >= 15 is 0 Å². The van der Waals surface area contributed by atoms with E-state index in [-0.39, 0.29) is 12.1 Å². The number of hydrogen-bond donors (Lipinski definition) is 0. The molecule has 0 fully saturated rings. The van der Waals surface area contributed by atoms with Crippen molar-refractivity contribution in [2.75, 3.05) is 9.80 Å². The number of nitrogens with zero attached hydrogens (tertiary/aromatic N) is 2. The van der Waals surface area contributed by atoms with E-state index in [2.05, 4.69) is 57.2 Å². The number of para-hydroxylation sites is 2. The van der Waals surface area contributed by atoms with E-state index in [1.807, 2.05) is 77.7 Å². The van der Waals surface area contributed by atoms with Crippen LogP contribution in [0.1, 0.15) is 27.7 Å². The van der Waals surface area contributed by atoms with Gasteiger partial charge in [0.1, 0.15) is 6.17 Å². The first kappa shape index (κ1) is 19.6. The highest BCUT2D eigenvalue weighted by molar-refractivity contribution is 9.10. The van der Waals surface area contributed by atoms with E-state index in [0.29, 0.717) is 6.54 Å². The third kappa shape index (κ3) is 3.75. The number of benzene rings is 4. The third-order valence-corrected chi connectivity index (χ3v) is 6.13. The van der Waals surface area contributed by atoms with E-state index < -0.39 is 0 Å².